The van der Waals surface area contributed by atoms with Crippen molar-refractivity contribution in [3.63, 3.8) is 0 Å². The van der Waals surface area contributed by atoms with Crippen molar-refractivity contribution in [1.29, 1.82) is 0 Å². The number of aryl methyl sites for hydroxylation is 1. The van der Waals surface area contributed by atoms with Crippen LogP contribution in [0, 0.1) is 12.8 Å². The fraction of sp³-hybridized carbons (Fsp3) is 0.313. The van der Waals surface area contributed by atoms with E-state index >= 15 is 4.57 Å². The van der Waals surface area contributed by atoms with E-state index in [1.54, 1.807) is 69.9 Å². The maximum atomic E-state index is 16.5. The Bertz CT molecular complexity index is 4060. The molecular weight excluding hydrogens is 1170 g/mol. The molecule has 0 bridgehead atoms. The van der Waals surface area contributed by atoms with Gasteiger partial charge in [0.1, 0.15) is 47.9 Å². The van der Waals surface area contributed by atoms with Crippen LogP contribution in [0.3, 0.4) is 0 Å². The minimum Gasteiger partial charge on any atom is -0.497 e. The average Bonchev–Trinajstić information content (AvgIpc) is 1.63. The average molecular weight is 1240 g/mol. The lowest BCUT2D eigenvalue weighted by atomic mass is 9.79. The van der Waals surface area contributed by atoms with Crippen LogP contribution in [0.15, 0.2) is 197 Å². The Balaban J connectivity index is 1.01. The molecule has 1 unspecified atom stereocenters. The number of fused-ring (bicyclic) bond motifs is 1. The largest absolute Gasteiger partial charge is 0.497 e. The zero-order valence-electron chi connectivity index (χ0n) is 50.7. The van der Waals surface area contributed by atoms with Crippen LogP contribution in [-0.4, -0.2) is 95.1 Å². The monoisotopic (exact) mass is 1240 g/mol. The predicted octanol–water partition coefficient (Wildman–Crippen LogP) is 9.04. The standard InChI is InChI=1S/C67H72N7O13PSi/c1-43(2)61(75)70-64-69-60-59(63(77)71-64)68-42-74(60)58-37-53(86-67(45-21-13-9-14-22-45,46-29-33-48(80-7)34-30-46)47-31-35-49(81-8)36-32-47)55(84-58)40-82-88(79,50-23-15-10-16-24-50)87-54-38-57(73-39-44(3)62(76)72-65(73)78)85-56(54)41-83-89(66(4,5)6,51-25-17-11-18-26-51)52-27-19-12-20-28-52/h9-36,39,42-43,53-58H,37-38,40-41H2,1-8H3,(H,72,76,78)(H2,69,70,71,75,77)/t53-,54-,55+,56+,57+,58+,88?/m0/s1. The van der Waals surface area contributed by atoms with Gasteiger partial charge in [0, 0.05) is 30.5 Å². The molecule has 2 fully saturated rings. The quantitative estimate of drug-likeness (QED) is 0.0326. The second-order valence-corrected chi connectivity index (χ2v) is 29.8. The topological polar surface area (TPSA) is 238 Å². The van der Waals surface area contributed by atoms with E-state index < -0.39 is 92.8 Å². The maximum Gasteiger partial charge on any atom is 0.361 e. The number of nitrogens with zero attached hydrogens (tertiary/aromatic N) is 4. The Labute approximate surface area is 515 Å². The zero-order valence-corrected chi connectivity index (χ0v) is 52.6. The van der Waals surface area contributed by atoms with Gasteiger partial charge >= 0.3 is 13.3 Å². The minimum atomic E-state index is -4.54. The van der Waals surface area contributed by atoms with Crippen LogP contribution >= 0.6 is 7.60 Å². The molecule has 2 saturated heterocycles. The number of imidazole rings is 1. The van der Waals surface area contributed by atoms with Gasteiger partial charge in [0.15, 0.2) is 11.2 Å². The summed E-state index contributed by atoms with van der Waals surface area (Å²) < 4.78 is 73.8. The molecule has 89 heavy (non-hydrogen) atoms. The van der Waals surface area contributed by atoms with Gasteiger partial charge < -0.3 is 32.6 Å². The number of carbonyl (C=O) groups is 1. The predicted molar refractivity (Wildman–Crippen MR) is 340 cm³/mol. The number of H-pyrrole nitrogens is 2. The van der Waals surface area contributed by atoms with E-state index in [9.17, 15) is 19.2 Å². The van der Waals surface area contributed by atoms with E-state index in [1.165, 1.54) is 17.1 Å². The van der Waals surface area contributed by atoms with E-state index in [4.69, 9.17) is 37.2 Å². The number of aromatic nitrogens is 6. The number of amides is 1. The summed E-state index contributed by atoms with van der Waals surface area (Å²) in [6.45, 7) is 11.0. The van der Waals surface area contributed by atoms with Crippen LogP contribution in [0.4, 0.5) is 5.95 Å². The maximum absolute atomic E-state index is 16.5. The summed E-state index contributed by atoms with van der Waals surface area (Å²) in [5.74, 6) is 0.375. The van der Waals surface area contributed by atoms with Crippen molar-refractivity contribution in [2.45, 2.75) is 102 Å². The first-order valence-electron chi connectivity index (χ1n) is 29.5. The number of hydrogen-bond donors (Lipinski definition) is 3. The first-order valence-corrected chi connectivity index (χ1v) is 33.0. The van der Waals surface area contributed by atoms with Crippen LogP contribution in [-0.2, 0) is 42.6 Å². The summed E-state index contributed by atoms with van der Waals surface area (Å²) in [6.07, 6.45) is -3.03. The number of ether oxygens (including phenoxy) is 5. The molecule has 0 saturated carbocycles. The molecule has 0 radical (unpaired) electrons. The number of nitrogens with one attached hydrogen (secondary N) is 3. The highest BCUT2D eigenvalue weighted by atomic mass is 31.2. The van der Waals surface area contributed by atoms with Gasteiger partial charge in [-0.2, -0.15) is 4.98 Å². The molecule has 0 aliphatic carbocycles. The molecule has 22 heteroatoms. The summed E-state index contributed by atoms with van der Waals surface area (Å²) in [5, 5.41) is 4.50. The zero-order chi connectivity index (χ0) is 62.7. The molecular formula is C67H72N7O13PSi. The van der Waals surface area contributed by atoms with Crippen LogP contribution < -0.4 is 47.3 Å². The lowest BCUT2D eigenvalue weighted by molar-refractivity contribution is -0.118. The summed E-state index contributed by atoms with van der Waals surface area (Å²) in [5.41, 5.74) is -0.621. The van der Waals surface area contributed by atoms with E-state index in [1.807, 2.05) is 115 Å². The van der Waals surface area contributed by atoms with Gasteiger partial charge in [-0.3, -0.25) is 47.9 Å². The first kappa shape index (κ1) is 62.2. The molecule has 2 aliphatic heterocycles. The Morgan fingerprint density at radius 2 is 1.20 bits per heavy atom. The lowest BCUT2D eigenvalue weighted by Gasteiger charge is -2.43. The Kier molecular flexibility index (Phi) is 18.2. The lowest BCUT2D eigenvalue weighted by Crippen LogP contribution is -2.67. The van der Waals surface area contributed by atoms with Crippen LogP contribution in [0.2, 0.25) is 5.04 Å². The molecule has 7 atom stereocenters. The Hall–Kier alpha value is -8.37. The van der Waals surface area contributed by atoms with Gasteiger partial charge in [0.05, 0.1) is 45.2 Å². The number of methoxy groups -OCH3 is 2. The number of benzene rings is 6. The van der Waals surface area contributed by atoms with E-state index in [-0.39, 0.29) is 53.3 Å². The van der Waals surface area contributed by atoms with Crippen molar-refractivity contribution in [3.05, 3.63) is 236 Å². The molecule has 6 aromatic carbocycles. The minimum absolute atomic E-state index is 0.00441. The number of aromatic amines is 2. The van der Waals surface area contributed by atoms with E-state index in [0.29, 0.717) is 11.5 Å². The number of anilines is 1. The smallest absolute Gasteiger partial charge is 0.361 e. The molecule has 3 N–H and O–H groups in total. The molecule has 0 spiro atoms. The van der Waals surface area contributed by atoms with Gasteiger partial charge in [0.25, 0.3) is 19.4 Å². The van der Waals surface area contributed by atoms with Crippen LogP contribution in [0.1, 0.15) is 82.2 Å². The molecule has 5 heterocycles. The van der Waals surface area contributed by atoms with Crippen molar-refractivity contribution in [3.8, 4) is 11.5 Å². The highest BCUT2D eigenvalue weighted by Crippen LogP contribution is 2.53. The first-order chi connectivity index (χ1) is 42.8. The summed E-state index contributed by atoms with van der Waals surface area (Å²) in [4.78, 5) is 67.3. The molecule has 9 aromatic rings. The van der Waals surface area contributed by atoms with Gasteiger partial charge in [-0.1, -0.05) is 168 Å². The van der Waals surface area contributed by atoms with Crippen molar-refractivity contribution in [1.82, 2.24) is 29.1 Å². The number of carbonyl (C=O) groups excluding carboxylic acids is 1. The van der Waals surface area contributed by atoms with E-state index in [0.717, 1.165) is 27.1 Å². The second-order valence-electron chi connectivity index (χ2n) is 23.5. The summed E-state index contributed by atoms with van der Waals surface area (Å²) in [7, 11) is -4.60. The summed E-state index contributed by atoms with van der Waals surface area (Å²) in [6, 6.07) is 53.7. The molecule has 2 aliphatic rings. The fourth-order valence-electron chi connectivity index (χ4n) is 11.9. The van der Waals surface area contributed by atoms with Gasteiger partial charge in [-0.15, -0.1) is 0 Å². The summed E-state index contributed by atoms with van der Waals surface area (Å²) >= 11 is 0. The van der Waals surface area contributed by atoms with Crippen LogP contribution in [0.5, 0.6) is 11.5 Å². The molecule has 3 aromatic heterocycles. The van der Waals surface area contributed by atoms with Crippen molar-refractivity contribution >= 4 is 54.6 Å². The normalized spacial score (nSPS) is 19.5. The highest BCUT2D eigenvalue weighted by molar-refractivity contribution is 7.62. The second kappa shape index (κ2) is 26.0. The van der Waals surface area contributed by atoms with Crippen molar-refractivity contribution in [2.75, 3.05) is 32.8 Å². The van der Waals surface area contributed by atoms with Crippen LogP contribution in [0.25, 0.3) is 11.2 Å². The van der Waals surface area contributed by atoms with Gasteiger partial charge in [-0.05, 0) is 75.4 Å². The number of hydrogen-bond acceptors (Lipinski definition) is 15. The molecule has 20 nitrogen and oxygen atoms in total. The molecule has 11 rings (SSSR count). The molecule has 1 amide bonds. The third kappa shape index (κ3) is 12.5. The van der Waals surface area contributed by atoms with E-state index in [2.05, 4.69) is 70.3 Å². The van der Waals surface area contributed by atoms with Gasteiger partial charge in [0.2, 0.25) is 11.9 Å². The Morgan fingerprint density at radius 3 is 1.75 bits per heavy atom. The fourth-order valence-corrected chi connectivity index (χ4v) is 18.2. The SMILES string of the molecule is COc1ccc(C(O[C@H]2C[C@H](n3cnc4c(=O)[nH]c(NC(=O)C(C)C)nc43)O[C@@H]2COP(=O)(O[C@H]2C[C@H](n3cc(C)c(=O)[nH]c3=O)O[C@@H]2CO[Si](c2ccccc2)(c2ccccc2)C(C)(C)C)c2ccccc2)(c2ccccc2)c2ccc(OC)cc2)cc1. The number of rotatable bonds is 22. The van der Waals surface area contributed by atoms with Gasteiger partial charge in [-0.25, -0.2) is 9.78 Å². The Morgan fingerprint density at radius 1 is 0.685 bits per heavy atom. The third-order valence-electron chi connectivity index (χ3n) is 16.5. The third-order valence-corrected chi connectivity index (χ3v) is 23.4. The van der Waals surface area contributed by atoms with Crippen molar-refractivity contribution < 1.29 is 46.5 Å². The highest BCUT2D eigenvalue weighted by Gasteiger charge is 2.53. The molecule has 462 valence electrons. The van der Waals surface area contributed by atoms with Crippen molar-refractivity contribution in [2.24, 2.45) is 5.92 Å².